The van der Waals surface area contributed by atoms with E-state index >= 15 is 0 Å². The van der Waals surface area contributed by atoms with Gasteiger partial charge in [-0.25, -0.2) is 4.98 Å². The Labute approximate surface area is 159 Å². The smallest absolute Gasteiger partial charge is 0.132 e. The fourth-order valence-electron chi connectivity index (χ4n) is 3.14. The molecular weight excluding hydrogens is 340 g/mol. The molecule has 0 bridgehead atoms. The molecule has 0 unspecified atom stereocenters. The molecule has 3 aromatic rings. The average molecular weight is 366 g/mol. The molecule has 0 saturated heterocycles. The third kappa shape index (κ3) is 4.90. The number of hydrogen-bond acceptors (Lipinski definition) is 5. The van der Waals surface area contributed by atoms with Crippen LogP contribution in [0.5, 0.6) is 5.75 Å². The number of hydrogen-bond donors (Lipinski definition) is 1. The lowest BCUT2D eigenvalue weighted by atomic mass is 10.1. The third-order valence-corrected chi connectivity index (χ3v) is 4.72. The van der Waals surface area contributed by atoms with Crippen molar-refractivity contribution in [3.8, 4) is 17.0 Å². The summed E-state index contributed by atoms with van der Waals surface area (Å²) in [5.41, 5.74) is 3.48. The molecule has 2 aromatic heterocycles. The van der Waals surface area contributed by atoms with Gasteiger partial charge in [-0.05, 0) is 18.9 Å². The van der Waals surface area contributed by atoms with Gasteiger partial charge in [0, 0.05) is 43.3 Å². The summed E-state index contributed by atoms with van der Waals surface area (Å²) in [5.74, 6) is 2.08. The number of H-pyrrole nitrogens is 1. The first-order valence-electron chi connectivity index (χ1n) is 9.56. The number of benzene rings is 1. The van der Waals surface area contributed by atoms with Crippen LogP contribution in [0.3, 0.4) is 0 Å². The van der Waals surface area contributed by atoms with Crippen LogP contribution in [0, 0.1) is 0 Å². The van der Waals surface area contributed by atoms with Crippen molar-refractivity contribution < 1.29 is 9.53 Å². The Morgan fingerprint density at radius 2 is 1.78 bits per heavy atom. The van der Waals surface area contributed by atoms with E-state index in [1.165, 1.54) is 0 Å². The topological polar surface area (TPSA) is 80.8 Å². The largest absolute Gasteiger partial charge is 0.496 e. The molecule has 0 saturated carbocycles. The number of nitrogens with one attached hydrogen (secondary N) is 1. The van der Waals surface area contributed by atoms with Crippen LogP contribution >= 0.6 is 0 Å². The number of aromatic nitrogens is 4. The van der Waals surface area contributed by atoms with Crippen LogP contribution in [0.15, 0.2) is 30.7 Å². The normalized spacial score (nSPS) is 11.0. The second kappa shape index (κ2) is 9.26. The lowest BCUT2D eigenvalue weighted by Crippen LogP contribution is -1.95. The highest BCUT2D eigenvalue weighted by Crippen LogP contribution is 2.32. The lowest BCUT2D eigenvalue weighted by Gasteiger charge is -2.08. The maximum atomic E-state index is 11.3. The van der Waals surface area contributed by atoms with Gasteiger partial charge in [0.2, 0.25) is 0 Å². The van der Waals surface area contributed by atoms with Crippen LogP contribution < -0.4 is 4.74 Å². The zero-order valence-corrected chi connectivity index (χ0v) is 16.0. The van der Waals surface area contributed by atoms with E-state index in [0.29, 0.717) is 18.6 Å². The fourth-order valence-corrected chi connectivity index (χ4v) is 3.14. The van der Waals surface area contributed by atoms with Gasteiger partial charge in [-0.15, -0.1) is 0 Å². The molecule has 0 aliphatic heterocycles. The van der Waals surface area contributed by atoms with Crippen molar-refractivity contribution in [3.05, 3.63) is 36.5 Å². The molecule has 142 valence electrons. The SMILES string of the molecule is CCC(=O)CCCCCCc1ncc(-c2cc3nccnc3cc2OC)[nH]1. The van der Waals surface area contributed by atoms with Crippen LogP contribution in [0.25, 0.3) is 22.3 Å². The Morgan fingerprint density at radius 1 is 1.04 bits per heavy atom. The molecule has 6 heteroatoms. The highest BCUT2D eigenvalue weighted by atomic mass is 16.5. The third-order valence-electron chi connectivity index (χ3n) is 4.72. The van der Waals surface area contributed by atoms with Crippen molar-refractivity contribution >= 4 is 16.8 Å². The minimum Gasteiger partial charge on any atom is -0.496 e. The van der Waals surface area contributed by atoms with Gasteiger partial charge in [0.25, 0.3) is 0 Å². The number of imidazole rings is 1. The second-order valence-corrected chi connectivity index (χ2v) is 6.65. The minimum atomic E-state index is 0.361. The highest BCUT2D eigenvalue weighted by molar-refractivity contribution is 5.84. The number of fused-ring (bicyclic) bond motifs is 1. The van der Waals surface area contributed by atoms with E-state index in [2.05, 4.69) is 19.9 Å². The summed E-state index contributed by atoms with van der Waals surface area (Å²) < 4.78 is 5.53. The van der Waals surface area contributed by atoms with Gasteiger partial charge in [-0.1, -0.05) is 19.8 Å². The Hall–Kier alpha value is -2.76. The van der Waals surface area contributed by atoms with Gasteiger partial charge in [0.05, 0.1) is 30.0 Å². The molecule has 0 aliphatic carbocycles. The molecule has 0 radical (unpaired) electrons. The predicted molar refractivity (Wildman–Crippen MR) is 106 cm³/mol. The zero-order chi connectivity index (χ0) is 19.1. The number of rotatable bonds is 10. The summed E-state index contributed by atoms with van der Waals surface area (Å²) >= 11 is 0. The molecule has 0 amide bonds. The van der Waals surface area contributed by atoms with E-state index in [4.69, 9.17) is 4.74 Å². The average Bonchev–Trinajstić information content (AvgIpc) is 3.18. The highest BCUT2D eigenvalue weighted by Gasteiger charge is 2.12. The van der Waals surface area contributed by atoms with Crippen LogP contribution in [0.4, 0.5) is 0 Å². The second-order valence-electron chi connectivity index (χ2n) is 6.65. The molecule has 6 nitrogen and oxygen atoms in total. The molecule has 27 heavy (non-hydrogen) atoms. The summed E-state index contributed by atoms with van der Waals surface area (Å²) in [6.07, 6.45) is 11.7. The molecule has 1 N–H and O–H groups in total. The summed E-state index contributed by atoms with van der Waals surface area (Å²) in [4.78, 5) is 27.9. The minimum absolute atomic E-state index is 0.361. The number of ketones is 1. The Balaban J connectivity index is 1.60. The van der Waals surface area contributed by atoms with E-state index in [9.17, 15) is 4.79 Å². The van der Waals surface area contributed by atoms with Crippen molar-refractivity contribution in [2.75, 3.05) is 7.11 Å². The summed E-state index contributed by atoms with van der Waals surface area (Å²) in [6.45, 7) is 1.92. The summed E-state index contributed by atoms with van der Waals surface area (Å²) in [7, 11) is 1.65. The molecular formula is C21H26N4O2. The molecule has 0 aliphatic rings. The van der Waals surface area contributed by atoms with E-state index in [1.54, 1.807) is 19.5 Å². The number of ether oxygens (including phenoxy) is 1. The van der Waals surface area contributed by atoms with Gasteiger partial charge in [-0.2, -0.15) is 0 Å². The van der Waals surface area contributed by atoms with Crippen molar-refractivity contribution in [3.63, 3.8) is 0 Å². The zero-order valence-electron chi connectivity index (χ0n) is 16.0. The first kappa shape index (κ1) is 19.0. The predicted octanol–water partition coefficient (Wildman–Crippen LogP) is 4.50. The quantitative estimate of drug-likeness (QED) is 0.534. The number of Topliss-reactive ketones (excluding diaryl/α,β-unsaturated/α-hetero) is 1. The van der Waals surface area contributed by atoms with Crippen molar-refractivity contribution in [2.45, 2.75) is 51.9 Å². The molecule has 2 heterocycles. The Morgan fingerprint density at radius 3 is 2.52 bits per heavy atom. The maximum Gasteiger partial charge on any atom is 0.132 e. The van der Waals surface area contributed by atoms with Crippen molar-refractivity contribution in [1.29, 1.82) is 0 Å². The Kier molecular flexibility index (Phi) is 6.52. The maximum absolute atomic E-state index is 11.3. The number of aromatic amines is 1. The number of methoxy groups -OCH3 is 1. The van der Waals surface area contributed by atoms with E-state index in [1.807, 2.05) is 25.3 Å². The molecule has 1 aromatic carbocycles. The standard InChI is InChI=1S/C21H26N4O2/c1-3-15(26)8-6-4-5-7-9-21-24-14-19(25-21)16-12-17-18(13-20(16)27-2)23-11-10-22-17/h10-14H,3-9H2,1-2H3,(H,24,25). The number of unbranched alkanes of at least 4 members (excludes halogenated alkanes) is 3. The number of aryl methyl sites for hydroxylation is 1. The first-order valence-corrected chi connectivity index (χ1v) is 9.56. The Bertz CT molecular complexity index is 904. The van der Waals surface area contributed by atoms with Crippen molar-refractivity contribution in [2.24, 2.45) is 0 Å². The van der Waals surface area contributed by atoms with Gasteiger partial charge in [-0.3, -0.25) is 14.8 Å². The van der Waals surface area contributed by atoms with Gasteiger partial charge >= 0.3 is 0 Å². The number of carbonyl (C=O) groups excluding carboxylic acids is 1. The van der Waals surface area contributed by atoms with Crippen LogP contribution in [0.2, 0.25) is 0 Å². The molecule has 0 spiro atoms. The molecule has 0 fully saturated rings. The van der Waals surface area contributed by atoms with E-state index in [0.717, 1.165) is 66.0 Å². The summed E-state index contributed by atoms with van der Waals surface area (Å²) in [5, 5.41) is 0. The fraction of sp³-hybridized carbons (Fsp3) is 0.429. The van der Waals surface area contributed by atoms with Crippen LogP contribution in [-0.2, 0) is 11.2 Å². The number of nitrogens with zero attached hydrogens (tertiary/aromatic N) is 3. The van der Waals surface area contributed by atoms with E-state index < -0.39 is 0 Å². The van der Waals surface area contributed by atoms with Crippen LogP contribution in [0.1, 0.15) is 51.3 Å². The molecule has 0 atom stereocenters. The monoisotopic (exact) mass is 366 g/mol. The lowest BCUT2D eigenvalue weighted by molar-refractivity contribution is -0.118. The summed E-state index contributed by atoms with van der Waals surface area (Å²) in [6, 6.07) is 3.87. The molecule has 3 rings (SSSR count). The van der Waals surface area contributed by atoms with E-state index in [-0.39, 0.29) is 0 Å². The van der Waals surface area contributed by atoms with Crippen LogP contribution in [-0.4, -0.2) is 32.8 Å². The van der Waals surface area contributed by atoms with Gasteiger partial charge in [0.15, 0.2) is 0 Å². The first-order chi connectivity index (χ1) is 13.2. The van der Waals surface area contributed by atoms with Gasteiger partial charge < -0.3 is 9.72 Å². The number of carbonyl (C=O) groups is 1. The van der Waals surface area contributed by atoms with Gasteiger partial charge in [0.1, 0.15) is 17.4 Å². The van der Waals surface area contributed by atoms with Crippen molar-refractivity contribution in [1.82, 2.24) is 19.9 Å².